The lowest BCUT2D eigenvalue weighted by Gasteiger charge is -2.33. The molecule has 1 aromatic heterocycles. The Balaban J connectivity index is 0.00000208. The minimum atomic E-state index is -0.451. The summed E-state index contributed by atoms with van der Waals surface area (Å²) in [6, 6.07) is 7.83. The Morgan fingerprint density at radius 1 is 1.33 bits per heavy atom. The van der Waals surface area contributed by atoms with E-state index in [2.05, 4.69) is 10.4 Å². The van der Waals surface area contributed by atoms with Gasteiger partial charge in [0.1, 0.15) is 0 Å². The fourth-order valence-corrected chi connectivity index (χ4v) is 2.60. The van der Waals surface area contributed by atoms with Crippen LogP contribution in [0.2, 0.25) is 0 Å². The van der Waals surface area contributed by atoms with E-state index in [0.717, 1.165) is 13.1 Å². The van der Waals surface area contributed by atoms with Crippen LogP contribution in [0.15, 0.2) is 36.5 Å². The third-order valence-corrected chi connectivity index (χ3v) is 3.90. The third-order valence-electron chi connectivity index (χ3n) is 3.90. The van der Waals surface area contributed by atoms with Gasteiger partial charge in [-0.05, 0) is 25.1 Å². The largest absolute Gasteiger partial charge is 0.332 e. The number of piperazine rings is 1. The number of halogens is 1. The third kappa shape index (κ3) is 3.55. The summed E-state index contributed by atoms with van der Waals surface area (Å²) in [5, 5.41) is 18.2. The predicted molar refractivity (Wildman–Crippen MR) is 90.8 cm³/mol. The molecule has 1 amide bonds. The van der Waals surface area contributed by atoms with Gasteiger partial charge < -0.3 is 10.2 Å². The Morgan fingerprint density at radius 3 is 2.67 bits per heavy atom. The Morgan fingerprint density at radius 2 is 2.04 bits per heavy atom. The zero-order valence-electron chi connectivity index (χ0n) is 13.1. The maximum Gasteiger partial charge on any atom is 0.274 e. The molecule has 1 fully saturated rings. The normalized spacial score (nSPS) is 17.2. The van der Waals surface area contributed by atoms with Crippen LogP contribution in [0.3, 0.4) is 0 Å². The van der Waals surface area contributed by atoms with Crippen molar-refractivity contribution in [2.45, 2.75) is 13.0 Å². The Labute approximate surface area is 145 Å². The van der Waals surface area contributed by atoms with Crippen molar-refractivity contribution in [2.75, 3.05) is 19.6 Å². The SMILES string of the molecule is C[C@H]1CNCCN1C(=O)c1ccn(-c2ccc([N+](=O)[O-])cc2)n1.Cl. The standard InChI is InChI=1S/C15H17N5O3.ClH/c1-11-10-16-7-9-18(11)15(21)14-6-8-19(17-14)12-2-4-13(5-3-12)20(22)23;/h2-6,8,11,16H,7,9-10H2,1H3;1H/t11-;/m0./s1. The van der Waals surface area contributed by atoms with Crippen LogP contribution in [0.5, 0.6) is 0 Å². The van der Waals surface area contributed by atoms with Crippen LogP contribution in [0.4, 0.5) is 5.69 Å². The number of carbonyl (C=O) groups is 1. The topological polar surface area (TPSA) is 93.3 Å². The zero-order chi connectivity index (χ0) is 16.4. The quantitative estimate of drug-likeness (QED) is 0.670. The second-order valence-corrected chi connectivity index (χ2v) is 5.47. The molecule has 1 saturated heterocycles. The summed E-state index contributed by atoms with van der Waals surface area (Å²) in [7, 11) is 0. The van der Waals surface area contributed by atoms with Gasteiger partial charge in [0.05, 0.1) is 10.6 Å². The highest BCUT2D eigenvalue weighted by Gasteiger charge is 2.25. The number of hydrogen-bond acceptors (Lipinski definition) is 5. The molecule has 1 aliphatic heterocycles. The first kappa shape index (κ1) is 17.9. The van der Waals surface area contributed by atoms with Crippen molar-refractivity contribution in [2.24, 2.45) is 0 Å². The molecule has 0 spiro atoms. The molecule has 2 aromatic rings. The predicted octanol–water partition coefficient (Wildman–Crippen LogP) is 1.64. The lowest BCUT2D eigenvalue weighted by Crippen LogP contribution is -2.52. The molecule has 0 saturated carbocycles. The Hall–Kier alpha value is -2.45. The van der Waals surface area contributed by atoms with E-state index in [1.807, 2.05) is 6.92 Å². The monoisotopic (exact) mass is 351 g/mol. The van der Waals surface area contributed by atoms with E-state index in [1.165, 1.54) is 12.1 Å². The average Bonchev–Trinajstić information content (AvgIpc) is 3.05. The minimum Gasteiger partial charge on any atom is -0.332 e. The number of benzene rings is 1. The zero-order valence-corrected chi connectivity index (χ0v) is 13.9. The van der Waals surface area contributed by atoms with Gasteiger partial charge in [0.15, 0.2) is 5.69 Å². The van der Waals surface area contributed by atoms with Crippen molar-refractivity contribution in [3.05, 3.63) is 52.3 Å². The Kier molecular flexibility index (Phi) is 5.53. The smallest absolute Gasteiger partial charge is 0.274 e. The molecule has 1 aromatic carbocycles. The molecule has 3 rings (SSSR count). The molecule has 8 nitrogen and oxygen atoms in total. The summed E-state index contributed by atoms with van der Waals surface area (Å²) in [5.41, 5.74) is 1.06. The number of nitrogens with one attached hydrogen (secondary N) is 1. The molecule has 1 atom stereocenters. The van der Waals surface area contributed by atoms with Crippen molar-refractivity contribution in [3.8, 4) is 5.69 Å². The molecular weight excluding hydrogens is 334 g/mol. The number of non-ortho nitro benzene ring substituents is 1. The highest BCUT2D eigenvalue weighted by atomic mass is 35.5. The summed E-state index contributed by atoms with van der Waals surface area (Å²) in [6.07, 6.45) is 1.68. The number of carbonyl (C=O) groups excluding carboxylic acids is 1. The Bertz CT molecular complexity index is 731. The summed E-state index contributed by atoms with van der Waals surface area (Å²) < 4.78 is 1.55. The molecule has 0 bridgehead atoms. The molecule has 0 radical (unpaired) electrons. The fourth-order valence-electron chi connectivity index (χ4n) is 2.60. The number of amides is 1. The van der Waals surface area contributed by atoms with E-state index in [-0.39, 0.29) is 30.0 Å². The number of nitrogens with zero attached hydrogens (tertiary/aromatic N) is 4. The van der Waals surface area contributed by atoms with Gasteiger partial charge in [-0.2, -0.15) is 5.10 Å². The van der Waals surface area contributed by atoms with Crippen molar-refractivity contribution in [1.82, 2.24) is 20.0 Å². The first-order chi connectivity index (χ1) is 11.1. The summed E-state index contributed by atoms with van der Waals surface area (Å²) >= 11 is 0. The van der Waals surface area contributed by atoms with Crippen LogP contribution in [0.1, 0.15) is 17.4 Å². The van der Waals surface area contributed by atoms with Gasteiger partial charge in [-0.1, -0.05) is 0 Å². The van der Waals surface area contributed by atoms with Crippen LogP contribution in [-0.4, -0.2) is 51.2 Å². The molecule has 128 valence electrons. The van der Waals surface area contributed by atoms with Crippen LogP contribution < -0.4 is 5.32 Å². The van der Waals surface area contributed by atoms with Gasteiger partial charge in [0.25, 0.3) is 11.6 Å². The van der Waals surface area contributed by atoms with E-state index in [4.69, 9.17) is 0 Å². The summed E-state index contributed by atoms with van der Waals surface area (Å²) in [4.78, 5) is 24.6. The maximum absolute atomic E-state index is 12.5. The number of nitro benzene ring substituents is 1. The summed E-state index contributed by atoms with van der Waals surface area (Å²) in [5.74, 6) is -0.0975. The molecule has 0 unspecified atom stereocenters. The average molecular weight is 352 g/mol. The fraction of sp³-hybridized carbons (Fsp3) is 0.333. The molecule has 24 heavy (non-hydrogen) atoms. The van der Waals surface area contributed by atoms with Crippen molar-refractivity contribution >= 4 is 24.0 Å². The van der Waals surface area contributed by atoms with Crippen molar-refractivity contribution in [3.63, 3.8) is 0 Å². The van der Waals surface area contributed by atoms with E-state index in [1.54, 1.807) is 34.0 Å². The van der Waals surface area contributed by atoms with Gasteiger partial charge in [0.2, 0.25) is 0 Å². The first-order valence-corrected chi connectivity index (χ1v) is 7.38. The van der Waals surface area contributed by atoms with E-state index < -0.39 is 4.92 Å². The van der Waals surface area contributed by atoms with Gasteiger partial charge >= 0.3 is 0 Å². The molecule has 0 aliphatic carbocycles. The summed E-state index contributed by atoms with van der Waals surface area (Å²) in [6.45, 7) is 4.20. The number of hydrogen-bond donors (Lipinski definition) is 1. The van der Waals surface area contributed by atoms with Crippen LogP contribution in [0.25, 0.3) is 5.69 Å². The van der Waals surface area contributed by atoms with Gasteiger partial charge in [-0.3, -0.25) is 14.9 Å². The van der Waals surface area contributed by atoms with Crippen molar-refractivity contribution < 1.29 is 9.72 Å². The molecule has 1 aliphatic rings. The van der Waals surface area contributed by atoms with E-state index >= 15 is 0 Å². The lowest BCUT2D eigenvalue weighted by atomic mass is 10.2. The highest BCUT2D eigenvalue weighted by molar-refractivity contribution is 5.92. The van der Waals surface area contributed by atoms with Crippen LogP contribution in [-0.2, 0) is 0 Å². The maximum atomic E-state index is 12.5. The van der Waals surface area contributed by atoms with E-state index in [0.29, 0.717) is 17.9 Å². The molecule has 9 heteroatoms. The number of aromatic nitrogens is 2. The highest BCUT2D eigenvalue weighted by Crippen LogP contribution is 2.16. The second-order valence-electron chi connectivity index (χ2n) is 5.47. The van der Waals surface area contributed by atoms with Crippen molar-refractivity contribution in [1.29, 1.82) is 0 Å². The van der Waals surface area contributed by atoms with Gasteiger partial charge in [0, 0.05) is 44.0 Å². The lowest BCUT2D eigenvalue weighted by molar-refractivity contribution is -0.384. The van der Waals surface area contributed by atoms with E-state index in [9.17, 15) is 14.9 Å². The van der Waals surface area contributed by atoms with Gasteiger partial charge in [-0.15, -0.1) is 12.4 Å². The van der Waals surface area contributed by atoms with Crippen LogP contribution >= 0.6 is 12.4 Å². The minimum absolute atomic E-state index is 0. The van der Waals surface area contributed by atoms with Gasteiger partial charge in [-0.25, -0.2) is 4.68 Å². The van der Waals surface area contributed by atoms with Crippen LogP contribution in [0, 0.1) is 10.1 Å². The second kappa shape index (κ2) is 7.41. The number of rotatable bonds is 3. The first-order valence-electron chi connectivity index (χ1n) is 7.38. The molecule has 2 heterocycles. The number of nitro groups is 1. The molecule has 1 N–H and O–H groups in total. The molecular formula is C15H18ClN5O3.